The number of hydrogen-bond acceptors (Lipinski definition) is 4. The van der Waals surface area contributed by atoms with E-state index < -0.39 is 0 Å². The molecule has 7 heteroatoms. The smallest absolute Gasteiger partial charge is 0.276 e. The van der Waals surface area contributed by atoms with Gasteiger partial charge in [0.2, 0.25) is 0 Å². The lowest BCUT2D eigenvalue weighted by atomic mass is 9.87. The number of nitrogens with one attached hydrogen (secondary N) is 1. The van der Waals surface area contributed by atoms with E-state index in [2.05, 4.69) is 51.7 Å². The average Bonchev–Trinajstić information content (AvgIpc) is 3.13. The minimum absolute atomic E-state index is 0. The molecule has 6 nitrogen and oxygen atoms in total. The SMILES string of the molecule is CCCN(C(=O)c1nnn(C2CCNCC2)c1C)C1CCc2ccccc2C1.Cl. The molecule has 2 heterocycles. The Hall–Kier alpha value is -1.92. The highest BCUT2D eigenvalue weighted by Gasteiger charge is 2.31. The van der Waals surface area contributed by atoms with Crippen LogP contribution in [0.2, 0.25) is 0 Å². The van der Waals surface area contributed by atoms with E-state index in [-0.39, 0.29) is 24.4 Å². The standard InChI is InChI=1S/C22H31N5O.ClH/c1-3-14-26(20-9-8-17-6-4-5-7-18(17)15-20)22(28)21-16(2)27(25-24-21)19-10-12-23-13-11-19;/h4-7,19-20,23H,3,8-15H2,1-2H3;1H. The molecule has 1 aliphatic carbocycles. The van der Waals surface area contributed by atoms with Gasteiger partial charge in [0.15, 0.2) is 5.69 Å². The summed E-state index contributed by atoms with van der Waals surface area (Å²) in [5.74, 6) is 0.0453. The monoisotopic (exact) mass is 417 g/mol. The molecule has 1 atom stereocenters. The molecule has 1 fully saturated rings. The molecular formula is C22H32ClN5O. The van der Waals surface area contributed by atoms with Crippen LogP contribution in [0.15, 0.2) is 24.3 Å². The molecule has 0 bridgehead atoms. The summed E-state index contributed by atoms with van der Waals surface area (Å²) in [7, 11) is 0. The minimum Gasteiger partial charge on any atom is -0.334 e. The molecular weight excluding hydrogens is 386 g/mol. The van der Waals surface area contributed by atoms with Crippen molar-refractivity contribution in [1.82, 2.24) is 25.2 Å². The summed E-state index contributed by atoms with van der Waals surface area (Å²) in [5, 5.41) is 12.1. The molecule has 0 spiro atoms. The molecule has 1 saturated heterocycles. The molecule has 1 aliphatic heterocycles. The van der Waals surface area contributed by atoms with Crippen LogP contribution in [0, 0.1) is 6.92 Å². The van der Waals surface area contributed by atoms with Crippen molar-refractivity contribution in [3.8, 4) is 0 Å². The number of rotatable bonds is 5. The molecule has 2 aliphatic rings. The van der Waals surface area contributed by atoms with E-state index in [1.807, 2.05) is 11.6 Å². The van der Waals surface area contributed by atoms with Crippen LogP contribution in [0.25, 0.3) is 0 Å². The minimum atomic E-state index is 0. The molecule has 1 aromatic heterocycles. The zero-order chi connectivity index (χ0) is 19.5. The molecule has 0 saturated carbocycles. The number of fused-ring (bicyclic) bond motifs is 1. The van der Waals surface area contributed by atoms with Crippen LogP contribution in [0.4, 0.5) is 0 Å². The Morgan fingerprint density at radius 3 is 2.66 bits per heavy atom. The van der Waals surface area contributed by atoms with Crippen molar-refractivity contribution in [2.24, 2.45) is 0 Å². The van der Waals surface area contributed by atoms with Crippen molar-refractivity contribution in [3.63, 3.8) is 0 Å². The summed E-state index contributed by atoms with van der Waals surface area (Å²) < 4.78 is 1.98. The first kappa shape index (κ1) is 21.8. The van der Waals surface area contributed by atoms with Crippen LogP contribution in [0.3, 0.4) is 0 Å². The number of nitrogens with zero attached hydrogens (tertiary/aromatic N) is 4. The Balaban J connectivity index is 0.00000240. The maximum absolute atomic E-state index is 13.5. The number of aryl methyl sites for hydroxylation is 1. The van der Waals surface area contributed by atoms with Crippen LogP contribution in [-0.2, 0) is 12.8 Å². The molecule has 1 amide bonds. The fraction of sp³-hybridized carbons (Fsp3) is 0.591. The Kier molecular flexibility index (Phi) is 7.30. The summed E-state index contributed by atoms with van der Waals surface area (Å²) >= 11 is 0. The largest absolute Gasteiger partial charge is 0.334 e. The van der Waals surface area contributed by atoms with Crippen molar-refractivity contribution in [3.05, 3.63) is 46.8 Å². The predicted octanol–water partition coefficient (Wildman–Crippen LogP) is 3.34. The van der Waals surface area contributed by atoms with E-state index in [0.29, 0.717) is 11.7 Å². The van der Waals surface area contributed by atoms with E-state index in [9.17, 15) is 4.79 Å². The van der Waals surface area contributed by atoms with Crippen molar-refractivity contribution < 1.29 is 4.79 Å². The van der Waals surface area contributed by atoms with Gasteiger partial charge in [-0.2, -0.15) is 0 Å². The number of carbonyl (C=O) groups is 1. The van der Waals surface area contributed by atoms with Crippen molar-refractivity contribution in [1.29, 1.82) is 0 Å². The summed E-state index contributed by atoms with van der Waals surface area (Å²) in [5.41, 5.74) is 4.25. The summed E-state index contributed by atoms with van der Waals surface area (Å²) in [6.07, 6.45) is 6.01. The highest BCUT2D eigenvalue weighted by atomic mass is 35.5. The lowest BCUT2D eigenvalue weighted by Gasteiger charge is -2.35. The summed E-state index contributed by atoms with van der Waals surface area (Å²) in [4.78, 5) is 15.5. The van der Waals surface area contributed by atoms with Gasteiger partial charge in [0.25, 0.3) is 5.91 Å². The van der Waals surface area contributed by atoms with E-state index in [1.54, 1.807) is 0 Å². The quantitative estimate of drug-likeness (QED) is 0.810. The van der Waals surface area contributed by atoms with Gasteiger partial charge in [-0.15, -0.1) is 17.5 Å². The average molecular weight is 418 g/mol. The second-order valence-electron chi connectivity index (χ2n) is 8.11. The second-order valence-corrected chi connectivity index (χ2v) is 8.11. The maximum atomic E-state index is 13.5. The number of piperidine rings is 1. The van der Waals surface area contributed by atoms with Crippen LogP contribution in [-0.4, -0.2) is 51.5 Å². The van der Waals surface area contributed by atoms with Gasteiger partial charge < -0.3 is 10.2 Å². The van der Waals surface area contributed by atoms with Gasteiger partial charge in [-0.1, -0.05) is 36.4 Å². The normalized spacial score (nSPS) is 19.3. The summed E-state index contributed by atoms with van der Waals surface area (Å²) in [6, 6.07) is 9.21. The number of benzene rings is 1. The highest BCUT2D eigenvalue weighted by molar-refractivity contribution is 5.93. The van der Waals surface area contributed by atoms with E-state index in [1.165, 1.54) is 11.1 Å². The first-order valence-electron chi connectivity index (χ1n) is 10.7. The predicted molar refractivity (Wildman–Crippen MR) is 117 cm³/mol. The third-order valence-corrected chi connectivity index (χ3v) is 6.27. The van der Waals surface area contributed by atoms with Crippen molar-refractivity contribution >= 4 is 18.3 Å². The van der Waals surface area contributed by atoms with Crippen LogP contribution in [0.5, 0.6) is 0 Å². The maximum Gasteiger partial charge on any atom is 0.276 e. The van der Waals surface area contributed by atoms with Gasteiger partial charge in [-0.05, 0) is 69.7 Å². The number of halogens is 1. The molecule has 2 aromatic rings. The number of hydrogen-bond donors (Lipinski definition) is 1. The van der Waals surface area contributed by atoms with Crippen molar-refractivity contribution in [2.45, 2.75) is 64.5 Å². The lowest BCUT2D eigenvalue weighted by molar-refractivity contribution is 0.0654. The van der Waals surface area contributed by atoms with Crippen LogP contribution >= 0.6 is 12.4 Å². The lowest BCUT2D eigenvalue weighted by Crippen LogP contribution is -2.44. The Morgan fingerprint density at radius 2 is 1.93 bits per heavy atom. The topological polar surface area (TPSA) is 63.1 Å². The van der Waals surface area contributed by atoms with E-state index in [4.69, 9.17) is 0 Å². The number of amides is 1. The summed E-state index contributed by atoms with van der Waals surface area (Å²) in [6.45, 7) is 6.89. The number of aromatic nitrogens is 3. The third kappa shape index (κ3) is 4.48. The van der Waals surface area contributed by atoms with Gasteiger partial charge >= 0.3 is 0 Å². The number of carbonyl (C=O) groups excluding carboxylic acids is 1. The second kappa shape index (κ2) is 9.72. The Morgan fingerprint density at radius 1 is 1.21 bits per heavy atom. The molecule has 1 unspecified atom stereocenters. The molecule has 1 aromatic carbocycles. The molecule has 0 radical (unpaired) electrons. The van der Waals surface area contributed by atoms with Gasteiger partial charge in [0.05, 0.1) is 11.7 Å². The molecule has 1 N–H and O–H groups in total. The van der Waals surface area contributed by atoms with Gasteiger partial charge in [-0.25, -0.2) is 4.68 Å². The van der Waals surface area contributed by atoms with Crippen LogP contribution < -0.4 is 5.32 Å². The molecule has 4 rings (SSSR count). The Bertz CT molecular complexity index is 830. The van der Waals surface area contributed by atoms with E-state index in [0.717, 1.165) is 63.9 Å². The van der Waals surface area contributed by atoms with Gasteiger partial charge in [0, 0.05) is 12.6 Å². The van der Waals surface area contributed by atoms with Gasteiger partial charge in [-0.3, -0.25) is 4.79 Å². The van der Waals surface area contributed by atoms with Gasteiger partial charge in [0.1, 0.15) is 0 Å². The highest BCUT2D eigenvalue weighted by Crippen LogP contribution is 2.27. The third-order valence-electron chi connectivity index (χ3n) is 6.27. The van der Waals surface area contributed by atoms with Crippen molar-refractivity contribution in [2.75, 3.05) is 19.6 Å². The van der Waals surface area contributed by atoms with E-state index >= 15 is 0 Å². The Labute approximate surface area is 179 Å². The molecule has 29 heavy (non-hydrogen) atoms. The fourth-order valence-corrected chi connectivity index (χ4v) is 4.71. The first-order chi connectivity index (χ1) is 13.7. The fourth-order valence-electron chi connectivity index (χ4n) is 4.71. The zero-order valence-corrected chi connectivity index (χ0v) is 18.2. The zero-order valence-electron chi connectivity index (χ0n) is 17.4. The molecule has 158 valence electrons. The van der Waals surface area contributed by atoms with Crippen LogP contribution in [0.1, 0.15) is 66.0 Å². The first-order valence-corrected chi connectivity index (χ1v) is 10.7.